The zero-order valence-electron chi connectivity index (χ0n) is 8.88. The molecule has 2 aromatic rings. The molecular weight excluding hydrogens is 186 g/mol. The summed E-state index contributed by atoms with van der Waals surface area (Å²) in [7, 11) is 0. The fourth-order valence-corrected chi connectivity index (χ4v) is 1.35. The molecule has 0 atom stereocenters. The first-order chi connectivity index (χ1) is 7.27. The van der Waals surface area contributed by atoms with Crippen LogP contribution in [0, 0.1) is 0 Å². The maximum atomic E-state index is 4.39. The Labute approximate surface area is 89.2 Å². The van der Waals surface area contributed by atoms with Crippen molar-refractivity contribution in [3.63, 3.8) is 0 Å². The standard InChI is InChI=1S/C12H13N3/c1-9(2)10-3-4-12(15-7-10)11-5-13-8-14-6-11/h3-9H,1-2H3. The molecule has 76 valence electrons. The van der Waals surface area contributed by atoms with Gasteiger partial charge in [0.05, 0.1) is 5.69 Å². The molecule has 0 fully saturated rings. The Morgan fingerprint density at radius 2 is 1.73 bits per heavy atom. The SMILES string of the molecule is CC(C)c1ccc(-c2cncnc2)nc1. The zero-order valence-corrected chi connectivity index (χ0v) is 8.88. The smallest absolute Gasteiger partial charge is 0.115 e. The maximum Gasteiger partial charge on any atom is 0.115 e. The van der Waals surface area contributed by atoms with Gasteiger partial charge >= 0.3 is 0 Å². The van der Waals surface area contributed by atoms with Crippen LogP contribution >= 0.6 is 0 Å². The molecule has 2 heterocycles. The number of hydrogen-bond donors (Lipinski definition) is 0. The molecule has 0 unspecified atom stereocenters. The van der Waals surface area contributed by atoms with Crippen LogP contribution in [0.2, 0.25) is 0 Å². The number of hydrogen-bond acceptors (Lipinski definition) is 3. The monoisotopic (exact) mass is 199 g/mol. The Morgan fingerprint density at radius 1 is 1.00 bits per heavy atom. The van der Waals surface area contributed by atoms with Crippen molar-refractivity contribution < 1.29 is 0 Å². The van der Waals surface area contributed by atoms with Crippen molar-refractivity contribution >= 4 is 0 Å². The number of pyridine rings is 1. The van der Waals surface area contributed by atoms with E-state index in [1.807, 2.05) is 12.3 Å². The molecule has 0 aliphatic carbocycles. The number of rotatable bonds is 2. The van der Waals surface area contributed by atoms with Gasteiger partial charge in [-0.15, -0.1) is 0 Å². The lowest BCUT2D eigenvalue weighted by molar-refractivity contribution is 0.858. The van der Waals surface area contributed by atoms with E-state index in [0.717, 1.165) is 11.3 Å². The van der Waals surface area contributed by atoms with Gasteiger partial charge in [0, 0.05) is 24.2 Å². The quantitative estimate of drug-likeness (QED) is 0.746. The molecule has 0 saturated carbocycles. The van der Waals surface area contributed by atoms with E-state index in [9.17, 15) is 0 Å². The van der Waals surface area contributed by atoms with Gasteiger partial charge in [0.2, 0.25) is 0 Å². The lowest BCUT2D eigenvalue weighted by atomic mass is 10.1. The van der Waals surface area contributed by atoms with Gasteiger partial charge in [0.1, 0.15) is 6.33 Å². The van der Waals surface area contributed by atoms with Gasteiger partial charge in [-0.2, -0.15) is 0 Å². The predicted octanol–water partition coefficient (Wildman–Crippen LogP) is 2.66. The average molecular weight is 199 g/mol. The lowest BCUT2D eigenvalue weighted by Gasteiger charge is -2.05. The fourth-order valence-electron chi connectivity index (χ4n) is 1.35. The van der Waals surface area contributed by atoms with Crippen molar-refractivity contribution in [1.82, 2.24) is 15.0 Å². The minimum Gasteiger partial charge on any atom is -0.256 e. The normalized spacial score (nSPS) is 10.6. The molecule has 0 aromatic carbocycles. The van der Waals surface area contributed by atoms with Crippen molar-refractivity contribution in [2.45, 2.75) is 19.8 Å². The van der Waals surface area contributed by atoms with Crippen molar-refractivity contribution in [1.29, 1.82) is 0 Å². The first-order valence-electron chi connectivity index (χ1n) is 4.98. The van der Waals surface area contributed by atoms with Crippen LogP contribution in [0.15, 0.2) is 37.1 Å². The molecule has 3 nitrogen and oxygen atoms in total. The predicted molar refractivity (Wildman–Crippen MR) is 59.4 cm³/mol. The Kier molecular flexibility index (Phi) is 2.72. The van der Waals surface area contributed by atoms with Crippen LogP contribution in [0.4, 0.5) is 0 Å². The summed E-state index contributed by atoms with van der Waals surface area (Å²) in [5.74, 6) is 0.513. The summed E-state index contributed by atoms with van der Waals surface area (Å²) in [6, 6.07) is 4.11. The second-order valence-electron chi connectivity index (χ2n) is 3.76. The molecule has 0 N–H and O–H groups in total. The van der Waals surface area contributed by atoms with E-state index in [4.69, 9.17) is 0 Å². The minimum absolute atomic E-state index is 0.513. The van der Waals surface area contributed by atoms with Crippen LogP contribution in [-0.2, 0) is 0 Å². The minimum atomic E-state index is 0.513. The van der Waals surface area contributed by atoms with E-state index in [0.29, 0.717) is 5.92 Å². The Hall–Kier alpha value is -1.77. The van der Waals surface area contributed by atoms with Crippen molar-refractivity contribution in [2.75, 3.05) is 0 Å². The van der Waals surface area contributed by atoms with Crippen molar-refractivity contribution in [2.24, 2.45) is 0 Å². The summed E-state index contributed by atoms with van der Waals surface area (Å²) < 4.78 is 0. The highest BCUT2D eigenvalue weighted by Gasteiger charge is 2.02. The van der Waals surface area contributed by atoms with Crippen LogP contribution in [0.1, 0.15) is 25.3 Å². The van der Waals surface area contributed by atoms with E-state index in [1.54, 1.807) is 12.4 Å². The van der Waals surface area contributed by atoms with E-state index >= 15 is 0 Å². The molecule has 2 aromatic heterocycles. The molecule has 0 saturated heterocycles. The average Bonchev–Trinajstić information content (AvgIpc) is 2.30. The Bertz CT molecular complexity index is 420. The molecule has 0 amide bonds. The summed E-state index contributed by atoms with van der Waals surface area (Å²) in [5.41, 5.74) is 3.11. The van der Waals surface area contributed by atoms with Gasteiger partial charge in [-0.3, -0.25) is 4.98 Å². The molecule has 0 aliphatic rings. The molecule has 15 heavy (non-hydrogen) atoms. The molecular formula is C12H13N3. The highest BCUT2D eigenvalue weighted by atomic mass is 14.8. The molecule has 3 heteroatoms. The zero-order chi connectivity index (χ0) is 10.7. The maximum absolute atomic E-state index is 4.39. The summed E-state index contributed by atoms with van der Waals surface area (Å²) in [4.78, 5) is 12.3. The van der Waals surface area contributed by atoms with Gasteiger partial charge in [-0.25, -0.2) is 9.97 Å². The van der Waals surface area contributed by atoms with Crippen LogP contribution in [0.3, 0.4) is 0 Å². The van der Waals surface area contributed by atoms with Crippen LogP contribution in [-0.4, -0.2) is 15.0 Å². The largest absolute Gasteiger partial charge is 0.256 e. The first-order valence-corrected chi connectivity index (χ1v) is 4.98. The number of nitrogens with zero attached hydrogens (tertiary/aromatic N) is 3. The van der Waals surface area contributed by atoms with Gasteiger partial charge < -0.3 is 0 Å². The van der Waals surface area contributed by atoms with Gasteiger partial charge in [-0.05, 0) is 17.5 Å². The second-order valence-corrected chi connectivity index (χ2v) is 3.76. The third-order valence-electron chi connectivity index (χ3n) is 2.31. The molecule has 0 aliphatic heterocycles. The Morgan fingerprint density at radius 3 is 2.27 bits per heavy atom. The van der Waals surface area contributed by atoms with Crippen LogP contribution in [0.5, 0.6) is 0 Å². The molecule has 0 radical (unpaired) electrons. The summed E-state index contributed by atoms with van der Waals surface area (Å²) in [6.07, 6.45) is 6.97. The lowest BCUT2D eigenvalue weighted by Crippen LogP contribution is -1.91. The van der Waals surface area contributed by atoms with E-state index in [-0.39, 0.29) is 0 Å². The van der Waals surface area contributed by atoms with Gasteiger partial charge in [-0.1, -0.05) is 19.9 Å². The third kappa shape index (κ3) is 2.18. The fraction of sp³-hybridized carbons (Fsp3) is 0.250. The van der Waals surface area contributed by atoms with E-state index < -0.39 is 0 Å². The van der Waals surface area contributed by atoms with Crippen LogP contribution in [0.25, 0.3) is 11.3 Å². The van der Waals surface area contributed by atoms with Gasteiger partial charge in [0.25, 0.3) is 0 Å². The highest BCUT2D eigenvalue weighted by molar-refractivity contribution is 5.56. The van der Waals surface area contributed by atoms with Crippen LogP contribution < -0.4 is 0 Å². The van der Waals surface area contributed by atoms with Crippen molar-refractivity contribution in [3.05, 3.63) is 42.6 Å². The highest BCUT2D eigenvalue weighted by Crippen LogP contribution is 2.18. The second kappa shape index (κ2) is 4.17. The number of aromatic nitrogens is 3. The molecule has 2 rings (SSSR count). The Balaban J connectivity index is 2.32. The van der Waals surface area contributed by atoms with Crippen molar-refractivity contribution in [3.8, 4) is 11.3 Å². The molecule has 0 spiro atoms. The topological polar surface area (TPSA) is 38.7 Å². The first kappa shape index (κ1) is 9.77. The summed E-state index contributed by atoms with van der Waals surface area (Å²) >= 11 is 0. The molecule has 0 bridgehead atoms. The third-order valence-corrected chi connectivity index (χ3v) is 2.31. The van der Waals surface area contributed by atoms with E-state index in [1.165, 1.54) is 11.9 Å². The van der Waals surface area contributed by atoms with Gasteiger partial charge in [0.15, 0.2) is 0 Å². The summed E-state index contributed by atoms with van der Waals surface area (Å²) in [6.45, 7) is 4.31. The van der Waals surface area contributed by atoms with E-state index in [2.05, 4.69) is 34.9 Å². The summed E-state index contributed by atoms with van der Waals surface area (Å²) in [5, 5.41) is 0.